The second-order valence-corrected chi connectivity index (χ2v) is 4.84. The second kappa shape index (κ2) is 32.9. The summed E-state index contributed by atoms with van der Waals surface area (Å²) in [6.45, 7) is 0. The summed E-state index contributed by atoms with van der Waals surface area (Å²) in [5.41, 5.74) is 0. The SMILES string of the molecule is O=P([O-])([O-])[O-].[K+].[K+].[K+].[O]=[Ti]([OH])[OH].[O]=[Ti]([OH])[OH].[O]=[Ti]([OH])[OH]. The Kier molecular flexibility index (Phi) is 74.5. The molecule has 0 bridgehead atoms. The van der Waals surface area contributed by atoms with Gasteiger partial charge in [0.05, 0.1) is 0 Å². The van der Waals surface area contributed by atoms with Gasteiger partial charge in [0, 0.05) is 0 Å². The van der Waals surface area contributed by atoms with Gasteiger partial charge in [-0.15, -0.1) is 0 Å². The van der Waals surface area contributed by atoms with E-state index in [-0.39, 0.29) is 154 Å². The van der Waals surface area contributed by atoms with Crippen molar-refractivity contribution >= 4 is 7.82 Å². The van der Waals surface area contributed by atoms with E-state index in [0.717, 1.165) is 0 Å². The van der Waals surface area contributed by atoms with Gasteiger partial charge in [0.1, 0.15) is 0 Å². The summed E-state index contributed by atoms with van der Waals surface area (Å²) in [6.07, 6.45) is 0. The summed E-state index contributed by atoms with van der Waals surface area (Å²) in [4.78, 5) is 25.6. The van der Waals surface area contributed by atoms with Crippen LogP contribution in [0, 0.1) is 0 Å². The Morgan fingerprint density at radius 1 is 0.600 bits per heavy atom. The van der Waals surface area contributed by atoms with E-state index < -0.39 is 63.7 Å². The van der Waals surface area contributed by atoms with Crippen LogP contribution in [0.1, 0.15) is 0 Å². The van der Waals surface area contributed by atoms with Crippen molar-refractivity contribution < 1.29 is 261 Å². The van der Waals surface area contributed by atoms with Crippen LogP contribution in [0.4, 0.5) is 0 Å². The monoisotopic (exact) mass is 506 g/mol. The molecule has 0 saturated heterocycles. The first-order chi connectivity index (χ1) is 7.20. The van der Waals surface area contributed by atoms with Crippen molar-refractivity contribution in [1.82, 2.24) is 0 Å². The molecular weight excluding hydrogens is 500 g/mol. The molecule has 0 amide bonds. The summed E-state index contributed by atoms with van der Waals surface area (Å²) in [5.74, 6) is 0. The van der Waals surface area contributed by atoms with Crippen LogP contribution in [-0.2, 0) is 70.4 Å². The fourth-order valence-electron chi connectivity index (χ4n) is 0. The number of hydrogen-bond acceptors (Lipinski definition) is 7. The van der Waals surface area contributed by atoms with Crippen molar-refractivity contribution in [3.8, 4) is 0 Å². The molecule has 13 nitrogen and oxygen atoms in total. The molecule has 20 heteroatoms. The minimum absolute atomic E-state index is 0. The first-order valence-electron chi connectivity index (χ1n) is 2.68. The van der Waals surface area contributed by atoms with E-state index >= 15 is 0 Å². The van der Waals surface area contributed by atoms with Crippen LogP contribution in [0.25, 0.3) is 0 Å². The molecule has 0 aliphatic rings. The van der Waals surface area contributed by atoms with Crippen LogP contribution in [0.15, 0.2) is 0 Å². The fraction of sp³-hybridized carbons (Fsp3) is 0. The van der Waals surface area contributed by atoms with Crippen molar-refractivity contribution in [3.63, 3.8) is 0 Å². The molecule has 0 aromatic heterocycles. The first kappa shape index (κ1) is 45.2. The molecule has 0 aliphatic heterocycles. The van der Waals surface area contributed by atoms with E-state index in [1.165, 1.54) is 0 Å². The molecule has 0 unspecified atom stereocenters. The van der Waals surface area contributed by atoms with Crippen LogP contribution in [0.5, 0.6) is 0 Å². The predicted molar refractivity (Wildman–Crippen MR) is 23.0 cm³/mol. The molecule has 0 saturated carbocycles. The zero-order valence-corrected chi connectivity index (χ0v) is 25.4. The Morgan fingerprint density at radius 2 is 0.600 bits per heavy atom. The Morgan fingerprint density at radius 3 is 0.600 bits per heavy atom. The summed E-state index contributed by atoms with van der Waals surface area (Å²) < 4.78 is 78.3. The maximum atomic E-state index is 8.81. The van der Waals surface area contributed by atoms with E-state index in [4.69, 9.17) is 51.3 Å². The Bertz CT molecular complexity index is 225. The van der Waals surface area contributed by atoms with Gasteiger partial charge in [-0.1, -0.05) is 0 Å². The molecule has 0 aromatic rings. The molecule has 0 atom stereocenters. The summed E-state index contributed by atoms with van der Waals surface area (Å²) in [5, 5.41) is 0. The van der Waals surface area contributed by atoms with Gasteiger partial charge in [0.15, 0.2) is 0 Å². The van der Waals surface area contributed by atoms with Gasteiger partial charge in [-0.05, 0) is 0 Å². The minimum atomic E-state index is -5.39. The topological polar surface area (TPSA) is 259 Å². The summed E-state index contributed by atoms with van der Waals surface area (Å²) in [7, 11) is -5.39. The van der Waals surface area contributed by atoms with Crippen LogP contribution in [-0.4, -0.2) is 22.1 Å². The maximum absolute atomic E-state index is 8.81. The van der Waals surface area contributed by atoms with Gasteiger partial charge in [0.2, 0.25) is 0 Å². The molecule has 0 radical (unpaired) electrons. The first-order valence-corrected chi connectivity index (χ1v) is 10.2. The number of phosphoric acid groups is 1. The summed E-state index contributed by atoms with van der Waals surface area (Å²) >= 11 is -10.8. The third-order valence-electron chi connectivity index (χ3n) is 0. The van der Waals surface area contributed by atoms with Gasteiger partial charge >= 0.3 is 242 Å². The van der Waals surface area contributed by atoms with E-state index in [0.29, 0.717) is 0 Å². The van der Waals surface area contributed by atoms with Gasteiger partial charge in [-0.3, -0.25) is 0 Å². The standard InChI is InChI=1S/3K.H3O4P.6H2O.3O.3Ti/c;;;1-5(2,3)4;;;;;;;;;;;;/h;;;(H3,1,2,3,4);6*1H2;;;;;;/q3*+1;;;;;;;;;;;3*+2/p-9. The van der Waals surface area contributed by atoms with Crippen molar-refractivity contribution in [1.29, 1.82) is 0 Å². The van der Waals surface area contributed by atoms with E-state index in [2.05, 4.69) is 0 Å². The van der Waals surface area contributed by atoms with E-state index in [9.17, 15) is 0 Å². The zero-order chi connectivity index (χ0) is 15.2. The van der Waals surface area contributed by atoms with Crippen LogP contribution >= 0.6 is 7.82 Å². The van der Waals surface area contributed by atoms with Crippen LogP contribution in [0.2, 0.25) is 0 Å². The summed E-state index contributed by atoms with van der Waals surface area (Å²) in [6, 6.07) is 0. The van der Waals surface area contributed by atoms with Gasteiger partial charge in [0.25, 0.3) is 0 Å². The van der Waals surface area contributed by atoms with E-state index in [1.54, 1.807) is 0 Å². The quantitative estimate of drug-likeness (QED) is 0.132. The molecule has 0 aliphatic carbocycles. The van der Waals surface area contributed by atoms with Crippen LogP contribution < -0.4 is 169 Å². The Labute approximate surface area is 261 Å². The third kappa shape index (κ3) is 331. The van der Waals surface area contributed by atoms with Gasteiger partial charge < -0.3 is 19.2 Å². The second-order valence-electron chi connectivity index (χ2n) is 1.29. The molecular formula is H6K3O13PTi3. The van der Waals surface area contributed by atoms with Crippen LogP contribution in [0.3, 0.4) is 0 Å². The van der Waals surface area contributed by atoms with E-state index in [1.807, 2.05) is 0 Å². The number of rotatable bonds is 0. The molecule has 0 heterocycles. The zero-order valence-electron chi connectivity index (χ0n) is 10.5. The molecule has 20 heavy (non-hydrogen) atoms. The molecule has 104 valence electrons. The van der Waals surface area contributed by atoms with Gasteiger partial charge in [-0.2, -0.15) is 7.82 Å². The Balaban J connectivity index is -0.0000000216. The van der Waals surface area contributed by atoms with Crippen molar-refractivity contribution in [2.45, 2.75) is 0 Å². The predicted octanol–water partition coefficient (Wildman–Crippen LogP) is -15.5. The third-order valence-corrected chi connectivity index (χ3v) is 0. The molecule has 0 rings (SSSR count). The average molecular weight is 506 g/mol. The van der Waals surface area contributed by atoms with Crippen molar-refractivity contribution in [2.75, 3.05) is 0 Å². The average Bonchev–Trinajstić information content (AvgIpc) is 1.73. The normalized spacial score (nSPS) is 6.85. The molecule has 0 fully saturated rings. The fourth-order valence-corrected chi connectivity index (χ4v) is 0. The number of hydrogen-bond donors (Lipinski definition) is 6. The molecule has 0 aromatic carbocycles. The molecule has 6 N–H and O–H groups in total. The molecule has 0 spiro atoms. The van der Waals surface area contributed by atoms with Crippen molar-refractivity contribution in [3.05, 3.63) is 0 Å². The van der Waals surface area contributed by atoms with Crippen molar-refractivity contribution in [2.24, 2.45) is 0 Å². The Hall–Kier alpha value is 6.32. The van der Waals surface area contributed by atoms with Gasteiger partial charge in [-0.25, -0.2) is 0 Å².